The molecule has 0 saturated carbocycles. The molecule has 0 radical (unpaired) electrons. The molecule has 1 heterocycles. The van der Waals surface area contributed by atoms with Crippen molar-refractivity contribution in [2.45, 2.75) is 0 Å². The Labute approximate surface area is 67.5 Å². The fraction of sp³-hybridized carbons (Fsp3) is 0. The van der Waals surface area contributed by atoms with Gasteiger partial charge in [-0.15, -0.1) is 4.99 Å². The summed E-state index contributed by atoms with van der Waals surface area (Å²) in [5.41, 5.74) is 0.356. The van der Waals surface area contributed by atoms with Gasteiger partial charge in [-0.3, -0.25) is 0 Å². The van der Waals surface area contributed by atoms with E-state index in [0.29, 0.717) is 5.69 Å². The van der Waals surface area contributed by atoms with Crippen LogP contribution in [-0.2, 0) is 9.59 Å². The number of carbonyl (C=O) groups excluding carboxylic acids is 2. The van der Waals surface area contributed by atoms with E-state index in [9.17, 15) is 9.59 Å². The van der Waals surface area contributed by atoms with E-state index in [4.69, 9.17) is 0 Å². The fourth-order valence-corrected chi connectivity index (χ4v) is 0.638. The van der Waals surface area contributed by atoms with Crippen LogP contribution < -0.4 is 0 Å². The number of pyridine rings is 1. The molecule has 1 rings (SSSR count). The second-order valence-corrected chi connectivity index (χ2v) is 1.78. The summed E-state index contributed by atoms with van der Waals surface area (Å²) in [4.78, 5) is 29.9. The molecule has 0 spiro atoms. The molecule has 0 atom stereocenters. The monoisotopic (exact) mass is 161 g/mol. The summed E-state index contributed by atoms with van der Waals surface area (Å²) in [5.74, 6) is 0.168. The summed E-state index contributed by atoms with van der Waals surface area (Å²) in [6.45, 7) is 0. The number of aliphatic imine (C=N–C) groups is 2. The number of hydrogen-bond donors (Lipinski definition) is 0. The number of nitrogens with zero attached hydrogens (tertiary/aromatic N) is 3. The van der Waals surface area contributed by atoms with E-state index in [2.05, 4.69) is 15.0 Å². The van der Waals surface area contributed by atoms with Gasteiger partial charge in [-0.1, -0.05) is 0 Å². The summed E-state index contributed by atoms with van der Waals surface area (Å²) in [7, 11) is 0. The molecule has 0 unspecified atom stereocenters. The Kier molecular flexibility index (Phi) is 2.62. The first-order valence-corrected chi connectivity index (χ1v) is 2.98. The molecular weight excluding hydrogens is 158 g/mol. The molecule has 0 aliphatic heterocycles. The van der Waals surface area contributed by atoms with Crippen LogP contribution in [0.15, 0.2) is 28.3 Å². The van der Waals surface area contributed by atoms with Crippen LogP contribution in [-0.4, -0.2) is 17.1 Å². The fourth-order valence-electron chi connectivity index (χ4n) is 0.638. The third kappa shape index (κ3) is 1.95. The lowest BCUT2D eigenvalue weighted by molar-refractivity contribution is 0.564. The van der Waals surface area contributed by atoms with Crippen molar-refractivity contribution < 1.29 is 9.59 Å². The molecular formula is C7H3N3O2. The van der Waals surface area contributed by atoms with E-state index in [-0.39, 0.29) is 5.82 Å². The molecule has 1 aromatic rings. The van der Waals surface area contributed by atoms with Crippen LogP contribution in [0.4, 0.5) is 11.5 Å². The molecule has 0 aliphatic carbocycles. The van der Waals surface area contributed by atoms with Gasteiger partial charge in [0.2, 0.25) is 12.2 Å². The average Bonchev–Trinajstić information content (AvgIpc) is 2.06. The molecule has 0 saturated heterocycles. The van der Waals surface area contributed by atoms with Gasteiger partial charge in [0, 0.05) is 12.3 Å². The van der Waals surface area contributed by atoms with Crippen molar-refractivity contribution in [3.05, 3.63) is 18.3 Å². The van der Waals surface area contributed by atoms with Gasteiger partial charge in [-0.2, -0.15) is 4.99 Å². The second-order valence-electron chi connectivity index (χ2n) is 1.78. The van der Waals surface area contributed by atoms with Crippen LogP contribution in [0.5, 0.6) is 0 Å². The maximum absolute atomic E-state index is 9.82. The molecule has 5 heteroatoms. The number of hydrogen-bond acceptors (Lipinski definition) is 5. The number of isocyanates is 2. The molecule has 5 nitrogen and oxygen atoms in total. The summed E-state index contributed by atoms with van der Waals surface area (Å²) >= 11 is 0. The molecule has 1 aromatic heterocycles. The van der Waals surface area contributed by atoms with E-state index in [1.165, 1.54) is 30.5 Å². The van der Waals surface area contributed by atoms with E-state index in [1.54, 1.807) is 0 Å². The highest BCUT2D eigenvalue weighted by atomic mass is 16.1. The Hall–Kier alpha value is -2.09. The van der Waals surface area contributed by atoms with Crippen molar-refractivity contribution in [2.75, 3.05) is 0 Å². The summed E-state index contributed by atoms with van der Waals surface area (Å²) in [6, 6.07) is 2.87. The van der Waals surface area contributed by atoms with Gasteiger partial charge in [-0.05, 0) is 6.07 Å². The number of rotatable bonds is 2. The SMILES string of the molecule is O=C=Nc1ccnc(N=C=O)c1. The zero-order valence-electron chi connectivity index (χ0n) is 5.89. The largest absolute Gasteiger partial charge is 0.242 e. The average molecular weight is 161 g/mol. The zero-order valence-corrected chi connectivity index (χ0v) is 5.89. The van der Waals surface area contributed by atoms with Crippen LogP contribution in [0.2, 0.25) is 0 Å². The highest BCUT2D eigenvalue weighted by molar-refractivity contribution is 5.54. The lowest BCUT2D eigenvalue weighted by Crippen LogP contribution is -1.71. The molecule has 12 heavy (non-hydrogen) atoms. The Morgan fingerprint density at radius 2 is 2.00 bits per heavy atom. The molecule has 0 amide bonds. The Morgan fingerprint density at radius 1 is 1.25 bits per heavy atom. The summed E-state index contributed by atoms with van der Waals surface area (Å²) < 4.78 is 0. The van der Waals surface area contributed by atoms with Gasteiger partial charge in [0.25, 0.3) is 0 Å². The van der Waals surface area contributed by atoms with Gasteiger partial charge < -0.3 is 0 Å². The standard InChI is InChI=1S/C7H3N3O2/c11-4-9-6-1-2-8-7(3-6)10-5-12/h1-3H. The minimum Gasteiger partial charge on any atom is -0.236 e. The zero-order chi connectivity index (χ0) is 8.81. The first kappa shape index (κ1) is 8.01. The summed E-state index contributed by atoms with van der Waals surface area (Å²) in [6.07, 6.45) is 4.07. The van der Waals surface area contributed by atoms with E-state index < -0.39 is 0 Å². The van der Waals surface area contributed by atoms with Gasteiger partial charge in [0.05, 0.1) is 5.69 Å². The van der Waals surface area contributed by atoms with Gasteiger partial charge in [0.15, 0.2) is 5.82 Å². The number of aromatic nitrogens is 1. The molecule has 0 fully saturated rings. The predicted octanol–water partition coefficient (Wildman–Crippen LogP) is 1.02. The minimum atomic E-state index is 0.168. The predicted molar refractivity (Wildman–Crippen MR) is 39.8 cm³/mol. The van der Waals surface area contributed by atoms with Crippen LogP contribution in [0.1, 0.15) is 0 Å². The minimum absolute atomic E-state index is 0.168. The maximum atomic E-state index is 9.82. The first-order chi connectivity index (χ1) is 5.86. The highest BCUT2D eigenvalue weighted by Crippen LogP contribution is 2.15. The highest BCUT2D eigenvalue weighted by Gasteiger charge is 1.92. The molecule has 0 bridgehead atoms. The van der Waals surface area contributed by atoms with Crippen molar-refractivity contribution in [1.82, 2.24) is 4.98 Å². The molecule has 58 valence electrons. The third-order valence-corrected chi connectivity index (χ3v) is 1.06. The van der Waals surface area contributed by atoms with E-state index in [1.807, 2.05) is 0 Å². The molecule has 0 N–H and O–H groups in total. The Bertz CT molecular complexity index is 343. The van der Waals surface area contributed by atoms with Crippen LogP contribution in [0.25, 0.3) is 0 Å². The lowest BCUT2D eigenvalue weighted by Gasteiger charge is -1.89. The van der Waals surface area contributed by atoms with E-state index in [0.717, 1.165) is 0 Å². The first-order valence-electron chi connectivity index (χ1n) is 2.98. The smallest absolute Gasteiger partial charge is 0.236 e. The van der Waals surface area contributed by atoms with Gasteiger partial charge >= 0.3 is 0 Å². The summed E-state index contributed by atoms with van der Waals surface area (Å²) in [5, 5.41) is 0. The van der Waals surface area contributed by atoms with Crippen LogP contribution in [0, 0.1) is 0 Å². The van der Waals surface area contributed by atoms with Crippen molar-refractivity contribution in [3.8, 4) is 0 Å². The van der Waals surface area contributed by atoms with Gasteiger partial charge in [-0.25, -0.2) is 14.6 Å². The van der Waals surface area contributed by atoms with Crippen LogP contribution in [0.3, 0.4) is 0 Å². The Morgan fingerprint density at radius 3 is 2.67 bits per heavy atom. The van der Waals surface area contributed by atoms with Crippen molar-refractivity contribution in [3.63, 3.8) is 0 Å². The van der Waals surface area contributed by atoms with Crippen molar-refractivity contribution in [2.24, 2.45) is 9.98 Å². The third-order valence-electron chi connectivity index (χ3n) is 1.06. The van der Waals surface area contributed by atoms with Gasteiger partial charge in [0.1, 0.15) is 0 Å². The van der Waals surface area contributed by atoms with E-state index >= 15 is 0 Å². The van der Waals surface area contributed by atoms with Crippen molar-refractivity contribution >= 4 is 23.7 Å². The molecule has 0 aromatic carbocycles. The normalized spacial score (nSPS) is 8.00. The maximum Gasteiger partial charge on any atom is 0.242 e. The molecule has 0 aliphatic rings. The van der Waals surface area contributed by atoms with Crippen LogP contribution >= 0.6 is 0 Å². The second kappa shape index (κ2) is 3.93. The topological polar surface area (TPSA) is 71.8 Å². The lowest BCUT2D eigenvalue weighted by atomic mass is 10.4. The Balaban J connectivity index is 3.11. The quantitative estimate of drug-likeness (QED) is 0.480. The van der Waals surface area contributed by atoms with Crippen molar-refractivity contribution in [1.29, 1.82) is 0 Å².